The summed E-state index contributed by atoms with van der Waals surface area (Å²) < 4.78 is 67.3. The molecule has 0 heterocycles. The molecule has 0 aliphatic heterocycles. The number of sulfonamides is 1. The molecule has 0 aromatic rings. The lowest BCUT2D eigenvalue weighted by atomic mass is 9.49. The Kier molecular flexibility index (Phi) is 5.68. The van der Waals surface area contributed by atoms with Gasteiger partial charge in [-0.1, -0.05) is 0 Å². The lowest BCUT2D eigenvalue weighted by Crippen LogP contribution is -2.50. The number of carbonyl (C=O) groups is 1. The Balaban J connectivity index is 1.19. The normalized spacial score (nSPS) is 39.5. The Morgan fingerprint density at radius 3 is 1.97 bits per heavy atom. The average molecular weight is 438 g/mol. The molecular formula is C20H30F3NO4S. The first-order valence-electron chi connectivity index (χ1n) is 10.8. The lowest BCUT2D eigenvalue weighted by Gasteiger charge is -2.55. The molecule has 0 atom stereocenters. The molecule has 0 aromatic heterocycles. The van der Waals surface area contributed by atoms with Crippen LogP contribution in [0.3, 0.4) is 0 Å². The molecule has 4 bridgehead atoms. The third kappa shape index (κ3) is 4.45. The van der Waals surface area contributed by atoms with Crippen molar-refractivity contribution in [3.8, 4) is 0 Å². The molecule has 1 N–H and O–H groups in total. The van der Waals surface area contributed by atoms with Crippen molar-refractivity contribution in [1.82, 2.24) is 4.72 Å². The van der Waals surface area contributed by atoms with E-state index >= 15 is 0 Å². The zero-order valence-electron chi connectivity index (χ0n) is 16.5. The Morgan fingerprint density at radius 2 is 1.48 bits per heavy atom. The molecule has 29 heavy (non-hydrogen) atoms. The summed E-state index contributed by atoms with van der Waals surface area (Å²) in [5.41, 5.74) is -5.53. The Hall–Kier alpha value is -0.830. The quantitative estimate of drug-likeness (QED) is 0.634. The summed E-state index contributed by atoms with van der Waals surface area (Å²) >= 11 is 0. The van der Waals surface area contributed by atoms with Crippen molar-refractivity contribution in [3.05, 3.63) is 0 Å². The van der Waals surface area contributed by atoms with E-state index in [1.165, 1.54) is 19.3 Å². The molecule has 5 aliphatic rings. The van der Waals surface area contributed by atoms with Crippen molar-refractivity contribution in [2.45, 2.75) is 82.2 Å². The number of esters is 1. The summed E-state index contributed by atoms with van der Waals surface area (Å²) in [6.07, 6.45) is 9.46. The van der Waals surface area contributed by atoms with Crippen molar-refractivity contribution >= 4 is 16.0 Å². The first-order valence-corrected chi connectivity index (χ1v) is 12.3. The minimum atomic E-state index is -5.28. The van der Waals surface area contributed by atoms with E-state index in [9.17, 15) is 26.4 Å². The summed E-state index contributed by atoms with van der Waals surface area (Å²) in [5.74, 6) is 2.27. The van der Waals surface area contributed by atoms with E-state index in [-0.39, 0.29) is 17.3 Å². The summed E-state index contributed by atoms with van der Waals surface area (Å²) in [7, 11) is -5.28. The van der Waals surface area contributed by atoms with Crippen LogP contribution in [0.2, 0.25) is 0 Å². The van der Waals surface area contributed by atoms with Gasteiger partial charge < -0.3 is 4.74 Å². The summed E-state index contributed by atoms with van der Waals surface area (Å²) in [5, 5.41) is 0. The van der Waals surface area contributed by atoms with E-state index in [1.54, 1.807) is 4.72 Å². The van der Waals surface area contributed by atoms with E-state index in [0.717, 1.165) is 19.3 Å². The second-order valence-corrected chi connectivity index (χ2v) is 11.6. The van der Waals surface area contributed by atoms with E-state index in [1.807, 2.05) is 0 Å². The minimum absolute atomic E-state index is 0.0387. The van der Waals surface area contributed by atoms with Crippen LogP contribution in [0, 0.1) is 29.1 Å². The van der Waals surface area contributed by atoms with Crippen LogP contribution in [0.1, 0.15) is 70.6 Å². The number of rotatable bonds is 6. The number of hydrogen-bond donors (Lipinski definition) is 1. The smallest absolute Gasteiger partial charge is 0.465 e. The SMILES string of the molecule is O=C(OCCC1CCC(NS(=O)(=O)C(F)(F)F)CC1)C12CC3CC(CC(C3)C1)C2. The van der Waals surface area contributed by atoms with Crippen LogP contribution >= 0.6 is 0 Å². The van der Waals surface area contributed by atoms with Crippen molar-refractivity contribution in [1.29, 1.82) is 0 Å². The number of carbonyl (C=O) groups excluding carboxylic acids is 1. The maximum Gasteiger partial charge on any atom is 0.511 e. The maximum atomic E-state index is 12.8. The van der Waals surface area contributed by atoms with Gasteiger partial charge in [-0.05, 0) is 94.3 Å². The van der Waals surface area contributed by atoms with E-state index in [4.69, 9.17) is 4.74 Å². The first-order chi connectivity index (χ1) is 13.6. The molecule has 0 amide bonds. The third-order valence-corrected chi connectivity index (χ3v) is 8.96. The fourth-order valence-electron chi connectivity index (χ4n) is 6.69. The highest BCUT2D eigenvalue weighted by Crippen LogP contribution is 2.60. The summed E-state index contributed by atoms with van der Waals surface area (Å²) in [6.45, 7) is 0.351. The van der Waals surface area contributed by atoms with Gasteiger partial charge in [-0.25, -0.2) is 13.1 Å². The largest absolute Gasteiger partial charge is 0.511 e. The molecular weight excluding hydrogens is 407 g/mol. The second-order valence-electron chi connectivity index (χ2n) is 9.91. The van der Waals surface area contributed by atoms with Crippen LogP contribution in [0.25, 0.3) is 0 Å². The number of hydrogen-bond acceptors (Lipinski definition) is 4. The highest BCUT2D eigenvalue weighted by Gasteiger charge is 2.55. The molecule has 5 rings (SSSR count). The number of nitrogens with one attached hydrogen (secondary N) is 1. The molecule has 166 valence electrons. The third-order valence-electron chi connectivity index (χ3n) is 7.70. The van der Waals surface area contributed by atoms with Gasteiger partial charge in [0.25, 0.3) is 0 Å². The highest BCUT2D eigenvalue weighted by molar-refractivity contribution is 7.90. The molecule has 5 aliphatic carbocycles. The molecule has 5 nitrogen and oxygen atoms in total. The summed E-state index contributed by atoms with van der Waals surface area (Å²) in [6, 6.07) is -0.674. The lowest BCUT2D eigenvalue weighted by molar-refractivity contribution is -0.172. The first kappa shape index (κ1) is 21.4. The van der Waals surface area contributed by atoms with Crippen molar-refractivity contribution < 1.29 is 31.1 Å². The van der Waals surface area contributed by atoms with Crippen molar-refractivity contribution in [2.24, 2.45) is 29.1 Å². The van der Waals surface area contributed by atoms with Gasteiger partial charge >= 0.3 is 21.5 Å². The second kappa shape index (κ2) is 7.70. The van der Waals surface area contributed by atoms with Crippen LogP contribution in [0.4, 0.5) is 13.2 Å². The van der Waals surface area contributed by atoms with Gasteiger partial charge in [0.1, 0.15) is 0 Å². The van der Waals surface area contributed by atoms with Gasteiger partial charge in [0.05, 0.1) is 12.0 Å². The molecule has 0 spiro atoms. The number of ether oxygens (including phenoxy) is 1. The fraction of sp³-hybridized carbons (Fsp3) is 0.950. The zero-order chi connectivity index (χ0) is 20.9. The number of alkyl halides is 3. The molecule has 0 aromatic carbocycles. The van der Waals surface area contributed by atoms with Crippen LogP contribution in [-0.4, -0.2) is 32.5 Å². The predicted octanol–water partition coefficient (Wildman–Crippen LogP) is 4.13. The maximum absolute atomic E-state index is 12.8. The topological polar surface area (TPSA) is 72.5 Å². The van der Waals surface area contributed by atoms with Crippen molar-refractivity contribution in [3.63, 3.8) is 0 Å². The van der Waals surface area contributed by atoms with Crippen molar-refractivity contribution in [2.75, 3.05) is 6.61 Å². The molecule has 0 saturated heterocycles. The average Bonchev–Trinajstić information content (AvgIpc) is 2.61. The molecule has 9 heteroatoms. The van der Waals surface area contributed by atoms with Gasteiger partial charge in [0, 0.05) is 6.04 Å². The highest BCUT2D eigenvalue weighted by atomic mass is 32.2. The van der Waals surface area contributed by atoms with Crippen LogP contribution in [0.15, 0.2) is 0 Å². The van der Waals surface area contributed by atoms with Gasteiger partial charge in [-0.3, -0.25) is 4.79 Å². The summed E-state index contributed by atoms with van der Waals surface area (Å²) in [4.78, 5) is 12.8. The van der Waals surface area contributed by atoms with Gasteiger partial charge in [-0.2, -0.15) is 13.2 Å². The Morgan fingerprint density at radius 1 is 0.966 bits per heavy atom. The molecule has 5 fully saturated rings. The van der Waals surface area contributed by atoms with E-state index < -0.39 is 21.6 Å². The minimum Gasteiger partial charge on any atom is -0.465 e. The molecule has 0 radical (unpaired) electrons. The Bertz CT molecular complexity index is 693. The van der Waals surface area contributed by atoms with E-state index in [0.29, 0.717) is 56.5 Å². The fourth-order valence-corrected chi connectivity index (χ4v) is 7.50. The van der Waals surface area contributed by atoms with Crippen LogP contribution in [0.5, 0.6) is 0 Å². The zero-order valence-corrected chi connectivity index (χ0v) is 17.4. The Labute approximate surface area is 170 Å². The predicted molar refractivity (Wildman–Crippen MR) is 100 cm³/mol. The van der Waals surface area contributed by atoms with Gasteiger partial charge in [0.2, 0.25) is 0 Å². The molecule has 0 unspecified atom stereocenters. The standard InChI is InChI=1S/C20H30F3NO4S/c21-20(22,23)29(26,27)24-17-3-1-13(2-4-17)5-6-28-18(25)19-10-14-7-15(11-19)9-16(8-14)12-19/h13-17,24H,1-12H2. The van der Waals surface area contributed by atoms with E-state index in [2.05, 4.69) is 0 Å². The van der Waals surface area contributed by atoms with Gasteiger partial charge in [0.15, 0.2) is 0 Å². The monoisotopic (exact) mass is 437 g/mol. The van der Waals surface area contributed by atoms with Gasteiger partial charge in [-0.15, -0.1) is 0 Å². The molecule has 5 saturated carbocycles. The number of halogens is 3. The van der Waals surface area contributed by atoms with Crippen LogP contribution < -0.4 is 4.72 Å². The van der Waals surface area contributed by atoms with Crippen LogP contribution in [-0.2, 0) is 19.6 Å².